The molecule has 0 saturated heterocycles. The predicted molar refractivity (Wildman–Crippen MR) is 23.5 cm³/mol. The zero-order valence-corrected chi connectivity index (χ0v) is 5.71. The van der Waals surface area contributed by atoms with Crippen LogP contribution in [0, 0.1) is 0 Å². The number of hydrogen-bond acceptors (Lipinski definition) is 0. The first-order valence-corrected chi connectivity index (χ1v) is 5.83. The van der Waals surface area contributed by atoms with Gasteiger partial charge in [0, 0.05) is 0 Å². The molecule has 0 aliphatic heterocycles. The van der Waals surface area contributed by atoms with Crippen molar-refractivity contribution in [3.63, 3.8) is 0 Å². The van der Waals surface area contributed by atoms with Crippen LogP contribution in [0.3, 0.4) is 0 Å². The molecule has 1 radical (unpaired) electrons. The Balaban J connectivity index is 1.97. The predicted octanol–water partition coefficient (Wildman–Crippen LogP) is 0.909. The van der Waals surface area contributed by atoms with Gasteiger partial charge in [-0.1, -0.05) is 0 Å². The standard InChI is InChI=1S/C3H9Ge/c1-3-4-2/h4H,3H2,1-2H3. The van der Waals surface area contributed by atoms with Crippen LogP contribution in [0.15, 0.2) is 0 Å². The average Bonchev–Trinajstić information content (AvgIpc) is 1.37. The normalized spacial score (nSPS) is 7.50. The van der Waals surface area contributed by atoms with Gasteiger partial charge in [0.25, 0.3) is 0 Å². The molecule has 0 aliphatic rings. The fourth-order valence-electron chi connectivity index (χ4n) is 0. The van der Waals surface area contributed by atoms with Crippen molar-refractivity contribution >= 4 is 15.4 Å². The third-order valence-corrected chi connectivity index (χ3v) is 2.12. The van der Waals surface area contributed by atoms with Gasteiger partial charge in [-0.15, -0.1) is 0 Å². The van der Waals surface area contributed by atoms with Crippen molar-refractivity contribution in [2.45, 2.75) is 17.9 Å². The van der Waals surface area contributed by atoms with Crippen molar-refractivity contribution in [2.24, 2.45) is 0 Å². The van der Waals surface area contributed by atoms with Gasteiger partial charge in [-0.25, -0.2) is 0 Å². The second kappa shape index (κ2) is 3.54. The zero-order chi connectivity index (χ0) is 3.41. The Hall–Kier alpha value is 0.543. The summed E-state index contributed by atoms with van der Waals surface area (Å²) in [5.41, 5.74) is 0. The van der Waals surface area contributed by atoms with Crippen molar-refractivity contribution in [2.75, 3.05) is 0 Å². The van der Waals surface area contributed by atoms with Crippen LogP contribution < -0.4 is 0 Å². The first kappa shape index (κ1) is 4.54. The van der Waals surface area contributed by atoms with Crippen molar-refractivity contribution in [1.29, 1.82) is 0 Å². The van der Waals surface area contributed by atoms with E-state index in [4.69, 9.17) is 0 Å². The van der Waals surface area contributed by atoms with Crippen LogP contribution >= 0.6 is 0 Å². The van der Waals surface area contributed by atoms with Crippen molar-refractivity contribution in [3.8, 4) is 0 Å². The molecule has 1 heteroatoms. The Bertz CT molecular complexity index is 5.25. The van der Waals surface area contributed by atoms with E-state index in [9.17, 15) is 0 Å². The van der Waals surface area contributed by atoms with Gasteiger partial charge in [-0.3, -0.25) is 0 Å². The third-order valence-electron chi connectivity index (χ3n) is 0.408. The maximum absolute atomic E-state index is 2.34. The Labute approximate surface area is 34.1 Å². The molecule has 0 aliphatic carbocycles. The molecule has 25 valence electrons. The molecule has 0 unspecified atom stereocenters. The summed E-state index contributed by atoms with van der Waals surface area (Å²) in [5.74, 6) is 2.34. The van der Waals surface area contributed by atoms with Crippen molar-refractivity contribution < 1.29 is 0 Å². The molecule has 0 saturated carbocycles. The summed E-state index contributed by atoms with van der Waals surface area (Å²) in [5, 5.41) is 1.48. The van der Waals surface area contributed by atoms with E-state index in [0.717, 1.165) is 0 Å². The van der Waals surface area contributed by atoms with Crippen LogP contribution in [0.1, 0.15) is 6.92 Å². The van der Waals surface area contributed by atoms with Crippen LogP contribution in [0.4, 0.5) is 0 Å². The Morgan fingerprint density at radius 3 is 2.00 bits per heavy atom. The molecule has 0 spiro atoms. The van der Waals surface area contributed by atoms with Crippen LogP contribution in [0.25, 0.3) is 0 Å². The number of rotatable bonds is 1. The summed E-state index contributed by atoms with van der Waals surface area (Å²) in [6.07, 6.45) is 0. The van der Waals surface area contributed by atoms with E-state index >= 15 is 0 Å². The van der Waals surface area contributed by atoms with Gasteiger partial charge in [-0.05, 0) is 0 Å². The summed E-state index contributed by atoms with van der Waals surface area (Å²) in [4.78, 5) is 0. The average molecular weight is 118 g/mol. The van der Waals surface area contributed by atoms with Crippen LogP contribution in [-0.4, -0.2) is 15.4 Å². The van der Waals surface area contributed by atoms with Gasteiger partial charge in [0.15, 0.2) is 0 Å². The molecule has 0 nitrogen and oxygen atoms in total. The zero-order valence-electron chi connectivity index (χ0n) is 3.28. The molecule has 0 rings (SSSR count). The summed E-state index contributed by atoms with van der Waals surface area (Å²) in [6, 6.07) is 0. The Morgan fingerprint density at radius 2 is 2.00 bits per heavy atom. The van der Waals surface area contributed by atoms with Crippen LogP contribution in [-0.2, 0) is 0 Å². The summed E-state index contributed by atoms with van der Waals surface area (Å²) < 4.78 is 0. The van der Waals surface area contributed by atoms with Crippen LogP contribution in [0.5, 0.6) is 0 Å². The van der Waals surface area contributed by atoms with E-state index in [2.05, 4.69) is 12.7 Å². The van der Waals surface area contributed by atoms with E-state index < -0.39 is 0 Å². The van der Waals surface area contributed by atoms with Gasteiger partial charge < -0.3 is 0 Å². The summed E-state index contributed by atoms with van der Waals surface area (Å²) in [7, 11) is 0. The molecule has 0 N–H and O–H groups in total. The van der Waals surface area contributed by atoms with Gasteiger partial charge in [0.1, 0.15) is 0 Å². The molecule has 0 aromatic heterocycles. The van der Waals surface area contributed by atoms with E-state index in [1.165, 1.54) is 5.25 Å². The summed E-state index contributed by atoms with van der Waals surface area (Å²) in [6.45, 7) is 2.25. The first-order chi connectivity index (χ1) is 1.91. The molecule has 0 aromatic rings. The molecule has 0 amide bonds. The van der Waals surface area contributed by atoms with Gasteiger partial charge in [0.05, 0.1) is 0 Å². The van der Waals surface area contributed by atoms with Gasteiger partial charge in [-0.2, -0.15) is 0 Å². The van der Waals surface area contributed by atoms with E-state index in [1.807, 2.05) is 0 Å². The molecule has 0 heterocycles. The quantitative estimate of drug-likeness (QED) is 0.448. The maximum atomic E-state index is 2.34. The second-order valence-electron chi connectivity index (χ2n) is 0.816. The summed E-state index contributed by atoms with van der Waals surface area (Å²) >= 11 is 0.312. The van der Waals surface area contributed by atoms with E-state index in [-0.39, 0.29) is 0 Å². The SMILES string of the molecule is C[CH2][GeH][CH3]. The molecule has 0 bridgehead atoms. The fourth-order valence-corrected chi connectivity index (χ4v) is 0. The fraction of sp³-hybridized carbons (Fsp3) is 1.00. The molecule has 0 aromatic carbocycles. The second-order valence-corrected chi connectivity index (χ2v) is 4.24. The minimum absolute atomic E-state index is 0.312. The molecule has 0 fully saturated rings. The Kier molecular flexibility index (Phi) is 4.02. The number of hydrogen-bond donors (Lipinski definition) is 0. The first-order valence-electron chi connectivity index (χ1n) is 1.69. The topological polar surface area (TPSA) is 0 Å². The van der Waals surface area contributed by atoms with Gasteiger partial charge in [0.2, 0.25) is 0 Å². The molecule has 0 atom stereocenters. The van der Waals surface area contributed by atoms with E-state index in [1.54, 1.807) is 0 Å². The molecular formula is C3H9Ge. The monoisotopic (exact) mass is 119 g/mol. The van der Waals surface area contributed by atoms with Crippen LogP contribution in [0.2, 0.25) is 11.0 Å². The minimum atomic E-state index is 0.312. The molecular weight excluding hydrogens is 109 g/mol. The third kappa shape index (κ3) is 2.54. The van der Waals surface area contributed by atoms with Crippen molar-refractivity contribution in [3.05, 3.63) is 0 Å². The Morgan fingerprint density at radius 1 is 1.75 bits per heavy atom. The van der Waals surface area contributed by atoms with E-state index in [0.29, 0.717) is 15.4 Å². The molecule has 4 heavy (non-hydrogen) atoms. The van der Waals surface area contributed by atoms with Gasteiger partial charge >= 0.3 is 33.4 Å². The van der Waals surface area contributed by atoms with Crippen molar-refractivity contribution in [1.82, 2.24) is 0 Å².